The van der Waals surface area contributed by atoms with Crippen LogP contribution in [0, 0.1) is 17.6 Å². The van der Waals surface area contributed by atoms with E-state index in [2.05, 4.69) is 30.7 Å². The van der Waals surface area contributed by atoms with E-state index in [1.54, 1.807) is 12.4 Å². The van der Waals surface area contributed by atoms with Crippen LogP contribution in [-0.4, -0.2) is 29.8 Å². The maximum Gasteiger partial charge on any atom is 0.162 e. The fourth-order valence-corrected chi connectivity index (χ4v) is 4.81. The Kier molecular flexibility index (Phi) is 11.4. The molecule has 0 aliphatic heterocycles. The number of aryl methyl sites for hydroxylation is 1. The lowest BCUT2D eigenvalue weighted by Crippen LogP contribution is -2.19. The molecule has 0 saturated heterocycles. The smallest absolute Gasteiger partial charge is 0.162 e. The number of rotatable bonds is 15. The Labute approximate surface area is 209 Å². The Morgan fingerprint density at radius 3 is 2.46 bits per heavy atom. The molecule has 1 heterocycles. The molecule has 2 unspecified atom stereocenters. The van der Waals surface area contributed by atoms with E-state index in [9.17, 15) is 4.39 Å². The van der Waals surface area contributed by atoms with Crippen molar-refractivity contribution in [3.63, 3.8) is 0 Å². The van der Waals surface area contributed by atoms with Gasteiger partial charge in [0.25, 0.3) is 0 Å². The first-order chi connectivity index (χ1) is 17.0. The number of benzene rings is 1. The molecule has 2 atom stereocenters. The molecule has 3 rings (SSSR count). The van der Waals surface area contributed by atoms with E-state index in [-0.39, 0.29) is 5.92 Å². The molecule has 194 valence electrons. The molecule has 1 aliphatic carbocycles. The molecular formula is C29H42F2N2O2. The van der Waals surface area contributed by atoms with Crippen LogP contribution in [0.1, 0.15) is 101 Å². The molecular weight excluding hydrogens is 446 g/mol. The Hall–Kier alpha value is -2.08. The highest BCUT2D eigenvalue weighted by atomic mass is 19.2. The maximum atomic E-state index is 15.0. The topological polar surface area (TPSA) is 44.2 Å². The number of unbranched alkanes of at least 4 members (excludes halogenated alkanes) is 3. The summed E-state index contributed by atoms with van der Waals surface area (Å²) in [5.41, 5.74) is 1.95. The van der Waals surface area contributed by atoms with E-state index in [0.717, 1.165) is 50.7 Å². The summed E-state index contributed by atoms with van der Waals surface area (Å²) in [6.07, 6.45) is 13.5. The highest BCUT2D eigenvalue weighted by molar-refractivity contribution is 5.38. The van der Waals surface area contributed by atoms with Gasteiger partial charge in [-0.25, -0.2) is 18.7 Å². The fraction of sp³-hybridized carbons (Fsp3) is 0.655. The fourth-order valence-electron chi connectivity index (χ4n) is 4.81. The molecule has 6 heteroatoms. The van der Waals surface area contributed by atoms with Crippen molar-refractivity contribution in [2.24, 2.45) is 5.92 Å². The molecule has 0 N–H and O–H groups in total. The van der Waals surface area contributed by atoms with Crippen LogP contribution in [0.2, 0.25) is 0 Å². The number of nitrogens with zero attached hydrogens (tertiary/aromatic N) is 2. The summed E-state index contributed by atoms with van der Waals surface area (Å²) in [6.45, 7) is 8.50. The van der Waals surface area contributed by atoms with Crippen molar-refractivity contribution in [3.05, 3.63) is 52.6 Å². The summed E-state index contributed by atoms with van der Waals surface area (Å²) >= 11 is 0. The lowest BCUT2D eigenvalue weighted by molar-refractivity contribution is 0.116. The van der Waals surface area contributed by atoms with Gasteiger partial charge in [-0.15, -0.1) is 0 Å². The van der Waals surface area contributed by atoms with Crippen LogP contribution in [0.3, 0.4) is 0 Å². The molecule has 0 amide bonds. The van der Waals surface area contributed by atoms with Gasteiger partial charge in [0.05, 0.1) is 19.0 Å². The van der Waals surface area contributed by atoms with Crippen LogP contribution >= 0.6 is 0 Å². The third-order valence-corrected chi connectivity index (χ3v) is 6.91. The summed E-state index contributed by atoms with van der Waals surface area (Å²) in [5, 5.41) is 0. The first-order valence-corrected chi connectivity index (χ1v) is 13.5. The second-order valence-corrected chi connectivity index (χ2v) is 9.99. The molecule has 1 aliphatic rings. The third-order valence-electron chi connectivity index (χ3n) is 6.91. The second-order valence-electron chi connectivity index (χ2n) is 9.99. The van der Waals surface area contributed by atoms with Gasteiger partial charge in [-0.1, -0.05) is 58.9 Å². The summed E-state index contributed by atoms with van der Waals surface area (Å²) in [5.74, 6) is 0.268. The number of ether oxygens (including phenoxy) is 2. The van der Waals surface area contributed by atoms with Gasteiger partial charge in [-0.05, 0) is 54.7 Å². The van der Waals surface area contributed by atoms with Crippen LogP contribution in [0.25, 0.3) is 0 Å². The Balaban J connectivity index is 1.52. The van der Waals surface area contributed by atoms with Crippen molar-refractivity contribution < 1.29 is 18.3 Å². The number of hydrogen-bond acceptors (Lipinski definition) is 4. The minimum absolute atomic E-state index is 0.0173. The highest BCUT2D eigenvalue weighted by Crippen LogP contribution is 2.35. The molecule has 0 radical (unpaired) electrons. The Morgan fingerprint density at radius 2 is 1.71 bits per heavy atom. The van der Waals surface area contributed by atoms with E-state index < -0.39 is 11.6 Å². The summed E-state index contributed by atoms with van der Waals surface area (Å²) in [4.78, 5) is 8.96. The van der Waals surface area contributed by atoms with Gasteiger partial charge in [0.2, 0.25) is 0 Å². The van der Waals surface area contributed by atoms with Crippen molar-refractivity contribution >= 4 is 0 Å². The Bertz CT molecular complexity index is 905. The highest BCUT2D eigenvalue weighted by Gasteiger charge is 2.28. The normalized spacial score (nSPS) is 16.2. The lowest BCUT2D eigenvalue weighted by atomic mass is 9.81. The molecule has 1 aromatic heterocycles. The molecule has 0 bridgehead atoms. The van der Waals surface area contributed by atoms with Gasteiger partial charge >= 0.3 is 0 Å². The van der Waals surface area contributed by atoms with Gasteiger partial charge in [0, 0.05) is 25.6 Å². The van der Waals surface area contributed by atoms with Crippen molar-refractivity contribution in [3.8, 4) is 5.75 Å². The number of fused-ring (bicyclic) bond motifs is 1. The molecule has 1 aromatic carbocycles. The average Bonchev–Trinajstić information content (AvgIpc) is 2.87. The average molecular weight is 489 g/mol. The third kappa shape index (κ3) is 8.23. The van der Waals surface area contributed by atoms with Gasteiger partial charge in [-0.2, -0.15) is 0 Å². The van der Waals surface area contributed by atoms with Gasteiger partial charge in [0.1, 0.15) is 5.82 Å². The minimum atomic E-state index is -0.679. The van der Waals surface area contributed by atoms with E-state index in [1.165, 1.54) is 12.8 Å². The minimum Gasteiger partial charge on any atom is -0.490 e. The molecule has 2 aromatic rings. The molecule has 0 spiro atoms. The van der Waals surface area contributed by atoms with E-state index >= 15 is 4.39 Å². The zero-order valence-electron chi connectivity index (χ0n) is 21.8. The molecule has 35 heavy (non-hydrogen) atoms. The number of hydrogen-bond donors (Lipinski definition) is 0. The summed E-state index contributed by atoms with van der Waals surface area (Å²) in [6, 6.07) is 1.90. The number of halogens is 2. The first-order valence-electron chi connectivity index (χ1n) is 13.5. The van der Waals surface area contributed by atoms with Gasteiger partial charge < -0.3 is 9.47 Å². The lowest BCUT2D eigenvalue weighted by Gasteiger charge is -2.25. The van der Waals surface area contributed by atoms with Crippen LogP contribution in [0.15, 0.2) is 18.5 Å². The van der Waals surface area contributed by atoms with E-state index in [4.69, 9.17) is 9.47 Å². The number of aromatic nitrogens is 2. The first kappa shape index (κ1) is 27.5. The van der Waals surface area contributed by atoms with Crippen molar-refractivity contribution in [1.29, 1.82) is 0 Å². The zero-order valence-corrected chi connectivity index (χ0v) is 21.8. The van der Waals surface area contributed by atoms with Crippen LogP contribution in [0.4, 0.5) is 8.78 Å². The maximum absolute atomic E-state index is 15.0. The van der Waals surface area contributed by atoms with E-state index in [0.29, 0.717) is 61.1 Å². The molecule has 4 nitrogen and oxygen atoms in total. The summed E-state index contributed by atoms with van der Waals surface area (Å²) in [7, 11) is 0. The van der Waals surface area contributed by atoms with Gasteiger partial charge in [0.15, 0.2) is 17.4 Å². The van der Waals surface area contributed by atoms with Gasteiger partial charge in [-0.3, -0.25) is 0 Å². The summed E-state index contributed by atoms with van der Waals surface area (Å²) < 4.78 is 41.2. The van der Waals surface area contributed by atoms with Crippen LogP contribution in [0.5, 0.6) is 5.75 Å². The predicted molar refractivity (Wildman–Crippen MR) is 136 cm³/mol. The molecule has 0 saturated carbocycles. The quantitative estimate of drug-likeness (QED) is 0.246. The molecule has 0 fully saturated rings. The monoisotopic (exact) mass is 488 g/mol. The van der Waals surface area contributed by atoms with Crippen molar-refractivity contribution in [2.45, 2.75) is 97.3 Å². The van der Waals surface area contributed by atoms with E-state index in [1.807, 2.05) is 6.07 Å². The zero-order chi connectivity index (χ0) is 25.0. The largest absolute Gasteiger partial charge is 0.490 e. The van der Waals surface area contributed by atoms with Crippen molar-refractivity contribution in [2.75, 3.05) is 19.8 Å². The van der Waals surface area contributed by atoms with Crippen LogP contribution < -0.4 is 4.74 Å². The second kappa shape index (κ2) is 14.5. The SMILES string of the molecule is CCCCCOCCCOc1cnc(C2CCc3cc(CC(C)CCCC)c(F)c(F)c3C2)nc1. The van der Waals surface area contributed by atoms with Crippen molar-refractivity contribution in [1.82, 2.24) is 9.97 Å². The standard InChI is InChI=1S/C29H42F2N2O2/c1-4-6-8-13-34-14-9-15-35-25-19-32-29(33-20-25)23-12-11-22-17-24(16-21(3)10-7-5-2)27(30)28(31)26(22)18-23/h17,19-21,23H,4-16,18H2,1-3H3. The van der Waals surface area contributed by atoms with Crippen LogP contribution in [-0.2, 0) is 24.0 Å². The Morgan fingerprint density at radius 1 is 0.971 bits per heavy atom. The predicted octanol–water partition coefficient (Wildman–Crippen LogP) is 7.37.